The van der Waals surface area contributed by atoms with E-state index in [2.05, 4.69) is 15.9 Å². The number of carboxylic acid groups (broad SMARTS) is 1. The molecule has 1 aliphatic heterocycles. The summed E-state index contributed by atoms with van der Waals surface area (Å²) in [5.74, 6) is -1.21. The normalized spacial score (nSPS) is 18.5. The van der Waals surface area contributed by atoms with Gasteiger partial charge in [-0.05, 0) is 37.6 Å². The third-order valence-electron chi connectivity index (χ3n) is 6.21. The third-order valence-corrected chi connectivity index (χ3v) is 6.71. The number of nitrogens with zero attached hydrogens (tertiary/aromatic N) is 2. The van der Waals surface area contributed by atoms with E-state index in [9.17, 15) is 19.5 Å². The number of rotatable bonds is 6. The van der Waals surface area contributed by atoms with Crippen LogP contribution >= 0.6 is 15.9 Å². The SMILES string of the molecule is COCCN1C(=O)c2oc3cc(Br)ccc3c2OC[C@]1(C)C(=O)N(C(=O)O)C(C)c1ccccc1. The molecule has 3 amide bonds. The van der Waals surface area contributed by atoms with Gasteiger partial charge in [-0.1, -0.05) is 46.3 Å². The van der Waals surface area contributed by atoms with Gasteiger partial charge in [0.15, 0.2) is 11.3 Å². The smallest absolute Gasteiger partial charge is 0.414 e. The number of carbonyl (C=O) groups is 3. The van der Waals surface area contributed by atoms with E-state index in [1.165, 1.54) is 18.9 Å². The molecule has 0 radical (unpaired) electrons. The largest absolute Gasteiger partial charge is 0.486 e. The van der Waals surface area contributed by atoms with E-state index >= 15 is 0 Å². The molecule has 0 spiro atoms. The standard InChI is InChI=1S/C25H25BrN2O7/c1-15(16-7-5-4-6-8-16)28(24(31)32)23(30)25(2)14-34-20-18-10-9-17(26)13-19(18)35-21(20)22(29)27(25)11-12-33-3/h4-10,13,15H,11-12,14H2,1-3H3,(H,31,32)/t15?,25-/m1/s1. The van der Waals surface area contributed by atoms with Gasteiger partial charge in [-0.25, -0.2) is 9.69 Å². The van der Waals surface area contributed by atoms with E-state index in [4.69, 9.17) is 13.9 Å². The Kier molecular flexibility index (Phi) is 6.86. The zero-order valence-corrected chi connectivity index (χ0v) is 21.1. The van der Waals surface area contributed by atoms with Crippen molar-refractivity contribution in [1.82, 2.24) is 9.80 Å². The Balaban J connectivity index is 1.78. The second kappa shape index (κ2) is 9.71. The molecule has 1 aliphatic rings. The lowest BCUT2D eigenvalue weighted by molar-refractivity contribution is -0.144. The summed E-state index contributed by atoms with van der Waals surface area (Å²) in [7, 11) is 1.48. The van der Waals surface area contributed by atoms with Crippen molar-refractivity contribution in [3.05, 3.63) is 64.3 Å². The van der Waals surface area contributed by atoms with E-state index in [-0.39, 0.29) is 31.3 Å². The maximum atomic E-state index is 13.9. The number of furan rings is 1. The number of carbonyl (C=O) groups excluding carboxylic acids is 2. The van der Waals surface area contributed by atoms with E-state index in [1.54, 1.807) is 55.5 Å². The lowest BCUT2D eigenvalue weighted by atomic mass is 9.96. The van der Waals surface area contributed by atoms with Gasteiger partial charge in [0.05, 0.1) is 18.0 Å². The summed E-state index contributed by atoms with van der Waals surface area (Å²) in [4.78, 5) is 42.0. The van der Waals surface area contributed by atoms with Crippen LogP contribution in [0.3, 0.4) is 0 Å². The van der Waals surface area contributed by atoms with Crippen molar-refractivity contribution in [2.45, 2.75) is 25.4 Å². The van der Waals surface area contributed by atoms with Crippen molar-refractivity contribution in [3.8, 4) is 5.75 Å². The minimum Gasteiger partial charge on any atom is -0.486 e. The number of imide groups is 1. The first kappa shape index (κ1) is 24.7. The van der Waals surface area contributed by atoms with Crippen LogP contribution in [0.4, 0.5) is 4.79 Å². The van der Waals surface area contributed by atoms with Gasteiger partial charge in [0, 0.05) is 18.1 Å². The van der Waals surface area contributed by atoms with Crippen LogP contribution in [0.1, 0.15) is 36.0 Å². The van der Waals surface area contributed by atoms with E-state index in [0.717, 1.165) is 9.37 Å². The van der Waals surface area contributed by atoms with Crippen LogP contribution in [-0.4, -0.2) is 65.2 Å². The van der Waals surface area contributed by atoms with Gasteiger partial charge in [-0.3, -0.25) is 9.59 Å². The van der Waals surface area contributed by atoms with Gasteiger partial charge in [0.2, 0.25) is 5.76 Å². The molecule has 2 heterocycles. The van der Waals surface area contributed by atoms with E-state index in [1.807, 2.05) is 0 Å². The Bertz CT molecular complexity index is 1280. The molecule has 0 aliphatic carbocycles. The summed E-state index contributed by atoms with van der Waals surface area (Å²) in [6.45, 7) is 3.00. The monoisotopic (exact) mass is 544 g/mol. The average Bonchev–Trinajstić information content (AvgIpc) is 3.15. The highest BCUT2D eigenvalue weighted by Gasteiger charge is 2.51. The first-order chi connectivity index (χ1) is 16.7. The van der Waals surface area contributed by atoms with Crippen LogP contribution < -0.4 is 4.74 Å². The first-order valence-electron chi connectivity index (χ1n) is 11.0. The van der Waals surface area contributed by atoms with Crippen LogP contribution in [0.15, 0.2) is 57.4 Å². The van der Waals surface area contributed by atoms with Crippen molar-refractivity contribution < 1.29 is 33.4 Å². The number of methoxy groups -OCH3 is 1. The summed E-state index contributed by atoms with van der Waals surface area (Å²) in [6, 6.07) is 13.3. The zero-order valence-electron chi connectivity index (χ0n) is 19.5. The van der Waals surface area contributed by atoms with Crippen molar-refractivity contribution >= 4 is 44.8 Å². The molecule has 3 aromatic rings. The van der Waals surface area contributed by atoms with Crippen LogP contribution in [0.25, 0.3) is 11.0 Å². The summed E-state index contributed by atoms with van der Waals surface area (Å²) in [5.41, 5.74) is -0.566. The van der Waals surface area contributed by atoms with Gasteiger partial charge in [-0.2, -0.15) is 0 Å². The number of benzene rings is 2. The van der Waals surface area contributed by atoms with Crippen LogP contribution in [0.2, 0.25) is 0 Å². The third kappa shape index (κ3) is 4.39. The molecule has 184 valence electrons. The van der Waals surface area contributed by atoms with Gasteiger partial charge >= 0.3 is 6.09 Å². The minimum absolute atomic E-state index is 0.0221. The molecule has 4 rings (SSSR count). The van der Waals surface area contributed by atoms with Gasteiger partial charge in [0.1, 0.15) is 12.2 Å². The predicted molar refractivity (Wildman–Crippen MR) is 130 cm³/mol. The fourth-order valence-electron chi connectivity index (χ4n) is 4.24. The fraction of sp³-hybridized carbons (Fsp3) is 0.320. The van der Waals surface area contributed by atoms with E-state index in [0.29, 0.717) is 16.5 Å². The summed E-state index contributed by atoms with van der Waals surface area (Å²) in [5, 5.41) is 10.6. The van der Waals surface area contributed by atoms with Crippen LogP contribution in [0, 0.1) is 0 Å². The predicted octanol–water partition coefficient (Wildman–Crippen LogP) is 4.70. The maximum Gasteiger partial charge on any atom is 0.414 e. The van der Waals surface area contributed by atoms with Crippen molar-refractivity contribution in [2.75, 3.05) is 26.9 Å². The maximum absolute atomic E-state index is 13.9. The lowest BCUT2D eigenvalue weighted by Gasteiger charge is -2.40. The molecule has 9 nitrogen and oxygen atoms in total. The molecule has 10 heteroatoms. The summed E-state index contributed by atoms with van der Waals surface area (Å²) >= 11 is 3.38. The van der Waals surface area contributed by atoms with Crippen molar-refractivity contribution in [2.24, 2.45) is 0 Å². The molecular formula is C25H25BrN2O7. The highest BCUT2D eigenvalue weighted by Crippen LogP contribution is 2.40. The minimum atomic E-state index is -1.65. The number of fused-ring (bicyclic) bond motifs is 3. The quantitative estimate of drug-likeness (QED) is 0.478. The number of halogens is 1. The summed E-state index contributed by atoms with van der Waals surface area (Å²) in [6.07, 6.45) is -1.43. The molecule has 2 atom stereocenters. The Labute approximate surface area is 210 Å². The summed E-state index contributed by atoms with van der Waals surface area (Å²) < 4.78 is 17.8. The van der Waals surface area contributed by atoms with Gasteiger partial charge in [-0.15, -0.1) is 0 Å². The average molecular weight is 545 g/mol. The second-order valence-electron chi connectivity index (χ2n) is 8.46. The Morgan fingerprint density at radius 2 is 1.97 bits per heavy atom. The Morgan fingerprint density at radius 1 is 1.26 bits per heavy atom. The molecule has 1 unspecified atom stereocenters. The number of hydrogen-bond donors (Lipinski definition) is 1. The molecule has 0 bridgehead atoms. The van der Waals surface area contributed by atoms with Gasteiger partial charge in [0.25, 0.3) is 11.8 Å². The molecular weight excluding hydrogens is 520 g/mol. The fourth-order valence-corrected chi connectivity index (χ4v) is 4.58. The Hall–Kier alpha value is -3.37. The van der Waals surface area contributed by atoms with Crippen LogP contribution in [0.5, 0.6) is 5.75 Å². The van der Waals surface area contributed by atoms with Crippen molar-refractivity contribution in [1.29, 1.82) is 0 Å². The molecule has 2 aromatic carbocycles. The molecule has 0 fully saturated rings. The number of amides is 3. The number of ether oxygens (including phenoxy) is 2. The highest BCUT2D eigenvalue weighted by molar-refractivity contribution is 9.10. The second-order valence-corrected chi connectivity index (χ2v) is 9.37. The highest BCUT2D eigenvalue weighted by atomic mass is 79.9. The Morgan fingerprint density at radius 3 is 2.63 bits per heavy atom. The zero-order chi connectivity index (χ0) is 25.3. The number of hydrogen-bond acceptors (Lipinski definition) is 6. The molecule has 35 heavy (non-hydrogen) atoms. The van der Waals surface area contributed by atoms with Crippen molar-refractivity contribution in [3.63, 3.8) is 0 Å². The van der Waals surface area contributed by atoms with Gasteiger partial charge < -0.3 is 23.9 Å². The molecule has 1 aromatic heterocycles. The van der Waals surface area contributed by atoms with Crippen LogP contribution in [-0.2, 0) is 9.53 Å². The first-order valence-corrected chi connectivity index (χ1v) is 11.8. The topological polar surface area (TPSA) is 110 Å². The van der Waals surface area contributed by atoms with E-state index < -0.39 is 29.5 Å². The molecule has 1 N–H and O–H groups in total. The molecule has 0 saturated heterocycles. The molecule has 0 saturated carbocycles. The lowest BCUT2D eigenvalue weighted by Crippen LogP contribution is -2.63.